The summed E-state index contributed by atoms with van der Waals surface area (Å²) >= 11 is 0. The number of carbonyl (C=O) groups is 1. The summed E-state index contributed by atoms with van der Waals surface area (Å²) < 4.78 is 22.8. The predicted molar refractivity (Wildman–Crippen MR) is 111 cm³/mol. The van der Waals surface area contributed by atoms with Crippen molar-refractivity contribution in [3.8, 4) is 0 Å². The molecule has 30 heavy (non-hydrogen) atoms. The number of anilines is 1. The van der Waals surface area contributed by atoms with Crippen LogP contribution in [0.5, 0.6) is 0 Å². The molecular weight excluding hydrogens is 386 g/mol. The predicted octanol–water partition coefficient (Wildman–Crippen LogP) is 3.28. The SMILES string of the molecule is CN(CC1CCOCC1)C(C)(C)C(=O)Nc1cc(C2(OC3CCCCO3)CC2)no1. The van der Waals surface area contributed by atoms with Crippen molar-refractivity contribution in [2.45, 2.75) is 76.2 Å². The monoisotopic (exact) mass is 421 g/mol. The quantitative estimate of drug-likeness (QED) is 0.689. The van der Waals surface area contributed by atoms with Gasteiger partial charge in [0.05, 0.1) is 5.54 Å². The summed E-state index contributed by atoms with van der Waals surface area (Å²) in [7, 11) is 2.00. The first kappa shape index (κ1) is 21.7. The third-order valence-electron chi connectivity index (χ3n) is 6.80. The smallest absolute Gasteiger partial charge is 0.246 e. The average Bonchev–Trinajstić information content (AvgIpc) is 3.37. The van der Waals surface area contributed by atoms with Gasteiger partial charge in [-0.05, 0) is 71.8 Å². The van der Waals surface area contributed by atoms with Gasteiger partial charge in [0.25, 0.3) is 0 Å². The Morgan fingerprint density at radius 1 is 1.27 bits per heavy atom. The molecule has 0 spiro atoms. The van der Waals surface area contributed by atoms with E-state index in [9.17, 15) is 4.79 Å². The van der Waals surface area contributed by atoms with Gasteiger partial charge in [-0.1, -0.05) is 5.16 Å². The number of amides is 1. The van der Waals surface area contributed by atoms with Crippen LogP contribution in [0, 0.1) is 5.92 Å². The zero-order valence-corrected chi connectivity index (χ0v) is 18.4. The number of aromatic nitrogens is 1. The molecule has 3 heterocycles. The lowest BCUT2D eigenvalue weighted by atomic mass is 9.95. The van der Waals surface area contributed by atoms with Gasteiger partial charge >= 0.3 is 0 Å². The van der Waals surface area contributed by atoms with Gasteiger partial charge in [-0.3, -0.25) is 15.0 Å². The van der Waals surface area contributed by atoms with Crippen molar-refractivity contribution in [3.63, 3.8) is 0 Å². The molecule has 1 unspecified atom stereocenters. The van der Waals surface area contributed by atoms with Crippen LogP contribution in [0.4, 0.5) is 5.88 Å². The van der Waals surface area contributed by atoms with Crippen molar-refractivity contribution in [1.29, 1.82) is 0 Å². The van der Waals surface area contributed by atoms with E-state index in [-0.39, 0.29) is 12.2 Å². The van der Waals surface area contributed by atoms with Crippen molar-refractivity contribution >= 4 is 11.8 Å². The van der Waals surface area contributed by atoms with Crippen LogP contribution in [0.25, 0.3) is 0 Å². The minimum Gasteiger partial charge on any atom is -0.381 e. The first-order valence-electron chi connectivity index (χ1n) is 11.3. The Hall–Kier alpha value is -1.48. The van der Waals surface area contributed by atoms with Crippen molar-refractivity contribution in [3.05, 3.63) is 11.8 Å². The fraction of sp³-hybridized carbons (Fsp3) is 0.818. The van der Waals surface area contributed by atoms with Crippen molar-refractivity contribution < 1.29 is 23.5 Å². The summed E-state index contributed by atoms with van der Waals surface area (Å²) in [5.41, 5.74) is -0.362. The summed E-state index contributed by atoms with van der Waals surface area (Å²) in [5, 5.41) is 7.09. The van der Waals surface area contributed by atoms with Crippen molar-refractivity contribution in [2.24, 2.45) is 5.92 Å². The van der Waals surface area contributed by atoms with E-state index < -0.39 is 11.1 Å². The van der Waals surface area contributed by atoms with E-state index >= 15 is 0 Å². The van der Waals surface area contributed by atoms with Crippen molar-refractivity contribution in [1.82, 2.24) is 10.1 Å². The molecule has 1 atom stereocenters. The normalized spacial score (nSPS) is 24.7. The summed E-state index contributed by atoms with van der Waals surface area (Å²) in [4.78, 5) is 15.1. The summed E-state index contributed by atoms with van der Waals surface area (Å²) in [6, 6.07) is 1.79. The zero-order valence-electron chi connectivity index (χ0n) is 18.4. The molecule has 0 aromatic carbocycles. The second kappa shape index (κ2) is 8.94. The molecule has 1 N–H and O–H groups in total. The Balaban J connectivity index is 1.33. The molecule has 8 heteroatoms. The Kier molecular flexibility index (Phi) is 6.48. The average molecular weight is 422 g/mol. The number of rotatable bonds is 8. The maximum Gasteiger partial charge on any atom is 0.246 e. The van der Waals surface area contributed by atoms with Gasteiger partial charge in [0.2, 0.25) is 11.8 Å². The Labute approximate surface area is 178 Å². The molecule has 1 aromatic heterocycles. The lowest BCUT2D eigenvalue weighted by Gasteiger charge is -2.37. The van der Waals surface area contributed by atoms with E-state index in [1.54, 1.807) is 6.07 Å². The van der Waals surface area contributed by atoms with Crippen LogP contribution >= 0.6 is 0 Å². The maximum atomic E-state index is 13.0. The third-order valence-corrected chi connectivity index (χ3v) is 6.80. The van der Waals surface area contributed by atoms with Gasteiger partial charge in [0.15, 0.2) is 6.29 Å². The van der Waals surface area contributed by atoms with Gasteiger partial charge in [0, 0.05) is 32.4 Å². The van der Waals surface area contributed by atoms with E-state index in [1.807, 2.05) is 20.9 Å². The first-order valence-corrected chi connectivity index (χ1v) is 11.3. The number of ether oxygens (including phenoxy) is 3. The Morgan fingerprint density at radius 2 is 2.03 bits per heavy atom. The number of nitrogens with one attached hydrogen (secondary N) is 1. The van der Waals surface area contributed by atoms with Crippen LogP contribution in [0.3, 0.4) is 0 Å². The van der Waals surface area contributed by atoms with Crippen molar-refractivity contribution in [2.75, 3.05) is 38.7 Å². The first-order chi connectivity index (χ1) is 14.4. The highest BCUT2D eigenvalue weighted by molar-refractivity contribution is 5.96. The fourth-order valence-corrected chi connectivity index (χ4v) is 4.14. The largest absolute Gasteiger partial charge is 0.381 e. The minimum absolute atomic E-state index is 0.110. The molecule has 168 valence electrons. The van der Waals surface area contributed by atoms with Gasteiger partial charge < -0.3 is 18.7 Å². The van der Waals surface area contributed by atoms with E-state index in [4.69, 9.17) is 18.7 Å². The van der Waals surface area contributed by atoms with Crippen LogP contribution in [-0.2, 0) is 24.6 Å². The molecule has 2 aliphatic heterocycles. The molecule has 8 nitrogen and oxygen atoms in total. The summed E-state index contributed by atoms with van der Waals surface area (Å²) in [5.74, 6) is 0.810. The molecule has 1 aliphatic carbocycles. The highest BCUT2D eigenvalue weighted by atomic mass is 16.7. The van der Waals surface area contributed by atoms with Crippen LogP contribution in [0.15, 0.2) is 10.6 Å². The van der Waals surface area contributed by atoms with Gasteiger partial charge in [-0.15, -0.1) is 0 Å². The fourth-order valence-electron chi connectivity index (χ4n) is 4.14. The van der Waals surface area contributed by atoms with Gasteiger partial charge in [-0.2, -0.15) is 0 Å². The van der Waals surface area contributed by atoms with E-state index in [1.165, 1.54) is 0 Å². The third kappa shape index (κ3) is 4.88. The topological polar surface area (TPSA) is 86.1 Å². The molecule has 0 radical (unpaired) electrons. The Bertz CT molecular complexity index is 718. The zero-order chi connectivity index (χ0) is 21.2. The molecule has 4 rings (SSSR count). The Morgan fingerprint density at radius 3 is 2.70 bits per heavy atom. The number of hydrogen-bond acceptors (Lipinski definition) is 7. The number of carbonyl (C=O) groups excluding carboxylic acids is 1. The van der Waals surface area contributed by atoms with E-state index in [0.29, 0.717) is 11.8 Å². The molecule has 1 saturated carbocycles. The minimum atomic E-state index is -0.672. The van der Waals surface area contributed by atoms with Crippen LogP contribution < -0.4 is 5.32 Å². The number of likely N-dealkylation sites (N-methyl/N-ethyl adjacent to an activating group) is 1. The molecule has 2 saturated heterocycles. The lowest BCUT2D eigenvalue weighted by molar-refractivity contribution is -0.201. The van der Waals surface area contributed by atoms with Crippen LogP contribution in [0.1, 0.15) is 64.5 Å². The van der Waals surface area contributed by atoms with Crippen LogP contribution in [-0.4, -0.2) is 61.2 Å². The second-order valence-corrected chi connectivity index (χ2v) is 9.43. The van der Waals surface area contributed by atoms with Crippen LogP contribution in [0.2, 0.25) is 0 Å². The molecular formula is C22H35N3O5. The number of nitrogens with zero attached hydrogens (tertiary/aromatic N) is 2. The van der Waals surface area contributed by atoms with E-state index in [0.717, 1.165) is 77.0 Å². The molecule has 3 fully saturated rings. The summed E-state index contributed by atoms with van der Waals surface area (Å²) in [6.07, 6.45) is 6.83. The molecule has 1 amide bonds. The molecule has 1 aromatic rings. The second-order valence-electron chi connectivity index (χ2n) is 9.43. The summed E-state index contributed by atoms with van der Waals surface area (Å²) in [6.45, 7) is 7.10. The highest BCUT2D eigenvalue weighted by Gasteiger charge is 2.50. The van der Waals surface area contributed by atoms with Gasteiger partial charge in [-0.25, -0.2) is 0 Å². The van der Waals surface area contributed by atoms with E-state index in [2.05, 4.69) is 15.4 Å². The standard InChI is InChI=1S/C22H35N3O5/c1-21(2,25(3)15-16-7-12-27-13-8-16)20(26)23-18-14-17(24-30-18)22(9-10-22)29-19-6-4-5-11-28-19/h14,16,19H,4-13,15H2,1-3H3,(H,23,26). The van der Waals surface area contributed by atoms with Gasteiger partial charge in [0.1, 0.15) is 11.3 Å². The lowest BCUT2D eigenvalue weighted by Crippen LogP contribution is -2.52. The highest BCUT2D eigenvalue weighted by Crippen LogP contribution is 2.50. The molecule has 3 aliphatic rings. The molecule has 0 bridgehead atoms. The number of hydrogen-bond donors (Lipinski definition) is 1. The maximum absolute atomic E-state index is 13.0.